The van der Waals surface area contributed by atoms with Gasteiger partial charge in [-0.15, -0.1) is 0 Å². The Morgan fingerprint density at radius 3 is 3.00 bits per heavy atom. The summed E-state index contributed by atoms with van der Waals surface area (Å²) in [5, 5.41) is 4.28. The molecule has 1 heterocycles. The van der Waals surface area contributed by atoms with Crippen LogP contribution in [-0.4, -0.2) is 44.2 Å². The summed E-state index contributed by atoms with van der Waals surface area (Å²) in [5.74, 6) is 0.846. The molecule has 1 aliphatic heterocycles. The van der Waals surface area contributed by atoms with Gasteiger partial charge in [0.1, 0.15) is 12.4 Å². The Hall–Kier alpha value is -0.290. The second-order valence-corrected chi connectivity index (χ2v) is 6.62. The highest BCUT2D eigenvalue weighted by atomic mass is 79.9. The fourth-order valence-corrected chi connectivity index (χ4v) is 3.25. The van der Waals surface area contributed by atoms with Crippen LogP contribution in [0.4, 0.5) is 0 Å². The Kier molecular flexibility index (Phi) is 6.62. The predicted molar refractivity (Wildman–Crippen MR) is 87.8 cm³/mol. The Balaban J connectivity index is 1.69. The van der Waals surface area contributed by atoms with E-state index in [0.717, 1.165) is 29.9 Å². The van der Waals surface area contributed by atoms with Crippen molar-refractivity contribution in [2.45, 2.75) is 25.3 Å². The summed E-state index contributed by atoms with van der Waals surface area (Å²) in [7, 11) is 2.15. The van der Waals surface area contributed by atoms with E-state index in [0.29, 0.717) is 17.7 Å². The smallest absolute Gasteiger partial charge is 0.133 e. The Morgan fingerprint density at radius 1 is 1.45 bits per heavy atom. The summed E-state index contributed by atoms with van der Waals surface area (Å²) >= 11 is 9.37. The number of nitrogens with one attached hydrogen (secondary N) is 1. The highest BCUT2D eigenvalue weighted by Gasteiger charge is 2.14. The highest BCUT2D eigenvalue weighted by molar-refractivity contribution is 9.10. The number of hydrogen-bond acceptors (Lipinski definition) is 3. The zero-order chi connectivity index (χ0) is 14.4. The van der Waals surface area contributed by atoms with Crippen molar-refractivity contribution in [3.8, 4) is 5.75 Å². The first-order valence-corrected chi connectivity index (χ1v) is 8.32. The van der Waals surface area contributed by atoms with Gasteiger partial charge in [0.25, 0.3) is 0 Å². The van der Waals surface area contributed by atoms with Crippen LogP contribution in [0.3, 0.4) is 0 Å². The molecule has 1 unspecified atom stereocenters. The fourth-order valence-electron chi connectivity index (χ4n) is 2.45. The van der Waals surface area contributed by atoms with Gasteiger partial charge in [-0.3, -0.25) is 0 Å². The van der Waals surface area contributed by atoms with Gasteiger partial charge in [0.2, 0.25) is 0 Å². The maximum Gasteiger partial charge on any atom is 0.133 e. The topological polar surface area (TPSA) is 24.5 Å². The summed E-state index contributed by atoms with van der Waals surface area (Å²) in [6.45, 7) is 3.86. The Bertz CT molecular complexity index is 424. The van der Waals surface area contributed by atoms with Gasteiger partial charge >= 0.3 is 0 Å². The van der Waals surface area contributed by atoms with Gasteiger partial charge in [0.15, 0.2) is 0 Å². The quantitative estimate of drug-likeness (QED) is 0.838. The van der Waals surface area contributed by atoms with Crippen LogP contribution >= 0.6 is 27.5 Å². The molecular formula is C15H22BrClN2O. The van der Waals surface area contributed by atoms with Crippen LogP contribution in [-0.2, 0) is 0 Å². The minimum atomic E-state index is 0.635. The highest BCUT2D eigenvalue weighted by Crippen LogP contribution is 2.27. The van der Waals surface area contributed by atoms with Crippen molar-refractivity contribution in [3.63, 3.8) is 0 Å². The van der Waals surface area contributed by atoms with Crippen LogP contribution in [0.1, 0.15) is 19.3 Å². The normalized spacial score (nSPS) is 19.3. The molecule has 0 bridgehead atoms. The number of likely N-dealkylation sites (N-methyl/N-ethyl adjacent to an activating group) is 1. The van der Waals surface area contributed by atoms with Crippen LogP contribution in [0.25, 0.3) is 0 Å². The van der Waals surface area contributed by atoms with E-state index in [-0.39, 0.29) is 0 Å². The summed E-state index contributed by atoms with van der Waals surface area (Å²) in [5.41, 5.74) is 0. The van der Waals surface area contributed by atoms with E-state index in [1.54, 1.807) is 0 Å². The molecule has 1 aromatic rings. The average Bonchev–Trinajstić information content (AvgIpc) is 2.42. The summed E-state index contributed by atoms with van der Waals surface area (Å²) in [6.07, 6.45) is 3.95. The molecule has 0 aliphatic carbocycles. The molecule has 1 fully saturated rings. The van der Waals surface area contributed by atoms with Crippen molar-refractivity contribution < 1.29 is 4.74 Å². The minimum Gasteiger partial charge on any atom is -0.491 e. The van der Waals surface area contributed by atoms with Gasteiger partial charge in [0.05, 0.1) is 4.47 Å². The average molecular weight is 362 g/mol. The van der Waals surface area contributed by atoms with Gasteiger partial charge < -0.3 is 15.0 Å². The van der Waals surface area contributed by atoms with Crippen LogP contribution < -0.4 is 10.1 Å². The lowest BCUT2D eigenvalue weighted by atomic mass is 10.0. The molecule has 1 N–H and O–H groups in total. The lowest BCUT2D eigenvalue weighted by Gasteiger charge is -2.28. The number of benzene rings is 1. The minimum absolute atomic E-state index is 0.635. The Morgan fingerprint density at radius 2 is 2.30 bits per heavy atom. The van der Waals surface area contributed by atoms with Crippen molar-refractivity contribution in [2.24, 2.45) is 0 Å². The van der Waals surface area contributed by atoms with Crippen LogP contribution in [0.15, 0.2) is 22.7 Å². The van der Waals surface area contributed by atoms with Gasteiger partial charge in [-0.1, -0.05) is 18.0 Å². The van der Waals surface area contributed by atoms with E-state index in [4.69, 9.17) is 16.3 Å². The predicted octanol–water partition coefficient (Wildman–Crippen LogP) is 3.56. The lowest BCUT2D eigenvalue weighted by molar-refractivity contribution is 0.211. The Labute approximate surface area is 134 Å². The van der Waals surface area contributed by atoms with Crippen LogP contribution in [0.2, 0.25) is 5.02 Å². The van der Waals surface area contributed by atoms with Crippen molar-refractivity contribution in [2.75, 3.05) is 33.3 Å². The van der Waals surface area contributed by atoms with E-state index in [1.807, 2.05) is 18.2 Å². The van der Waals surface area contributed by atoms with E-state index in [2.05, 4.69) is 33.2 Å². The van der Waals surface area contributed by atoms with Crippen LogP contribution in [0.5, 0.6) is 5.75 Å². The third-order valence-electron chi connectivity index (χ3n) is 3.57. The van der Waals surface area contributed by atoms with E-state index in [9.17, 15) is 0 Å². The summed E-state index contributed by atoms with van der Waals surface area (Å²) < 4.78 is 6.69. The zero-order valence-electron chi connectivity index (χ0n) is 11.9. The summed E-state index contributed by atoms with van der Waals surface area (Å²) in [6, 6.07) is 6.23. The standard InChI is InChI=1S/C15H22BrClN2O/c1-19(11-13-4-2-3-7-18-13)8-9-20-15-6-5-12(17)10-14(15)16/h5-6,10,13,18H,2-4,7-9,11H2,1H3. The molecule has 20 heavy (non-hydrogen) atoms. The molecule has 0 amide bonds. The van der Waals surface area contributed by atoms with Crippen molar-refractivity contribution in [3.05, 3.63) is 27.7 Å². The third-order valence-corrected chi connectivity index (χ3v) is 4.42. The van der Waals surface area contributed by atoms with Crippen molar-refractivity contribution >= 4 is 27.5 Å². The van der Waals surface area contributed by atoms with Gasteiger partial charge in [-0.05, 0) is 60.6 Å². The second kappa shape index (κ2) is 8.23. The largest absolute Gasteiger partial charge is 0.491 e. The first-order chi connectivity index (χ1) is 9.65. The molecule has 112 valence electrons. The SMILES string of the molecule is CN(CCOc1ccc(Cl)cc1Br)CC1CCCCN1. The maximum absolute atomic E-state index is 5.91. The molecule has 0 spiro atoms. The molecule has 0 saturated carbocycles. The van der Waals surface area contributed by atoms with Crippen LogP contribution in [0, 0.1) is 0 Å². The molecule has 1 saturated heterocycles. The molecule has 1 atom stereocenters. The van der Waals surface area contributed by atoms with Gasteiger partial charge in [-0.25, -0.2) is 0 Å². The van der Waals surface area contributed by atoms with Crippen molar-refractivity contribution in [1.29, 1.82) is 0 Å². The lowest BCUT2D eigenvalue weighted by Crippen LogP contribution is -2.43. The zero-order valence-corrected chi connectivity index (χ0v) is 14.2. The molecule has 3 nitrogen and oxygen atoms in total. The molecule has 5 heteroatoms. The third kappa shape index (κ3) is 5.24. The number of hydrogen-bond donors (Lipinski definition) is 1. The van der Waals surface area contributed by atoms with E-state index < -0.39 is 0 Å². The number of nitrogens with zero attached hydrogens (tertiary/aromatic N) is 1. The second-order valence-electron chi connectivity index (χ2n) is 5.33. The first-order valence-electron chi connectivity index (χ1n) is 7.15. The van der Waals surface area contributed by atoms with E-state index in [1.165, 1.54) is 19.3 Å². The molecule has 1 aliphatic rings. The fraction of sp³-hybridized carbons (Fsp3) is 0.600. The molecular weight excluding hydrogens is 340 g/mol. The number of rotatable bonds is 6. The monoisotopic (exact) mass is 360 g/mol. The molecule has 1 aromatic carbocycles. The number of ether oxygens (including phenoxy) is 1. The molecule has 0 aromatic heterocycles. The number of piperidine rings is 1. The van der Waals surface area contributed by atoms with Crippen molar-refractivity contribution in [1.82, 2.24) is 10.2 Å². The van der Waals surface area contributed by atoms with E-state index >= 15 is 0 Å². The van der Waals surface area contributed by atoms with Gasteiger partial charge in [-0.2, -0.15) is 0 Å². The maximum atomic E-state index is 5.91. The molecule has 2 rings (SSSR count). The number of halogens is 2. The molecule has 0 radical (unpaired) electrons. The van der Waals surface area contributed by atoms with Gasteiger partial charge in [0, 0.05) is 24.2 Å². The first kappa shape index (κ1) is 16.1. The summed E-state index contributed by atoms with van der Waals surface area (Å²) in [4.78, 5) is 2.33.